The molecule has 6 heteroatoms. The number of hydrogen-bond acceptors (Lipinski definition) is 5. The van der Waals surface area contributed by atoms with E-state index in [0.29, 0.717) is 33.0 Å². The van der Waals surface area contributed by atoms with Crippen LogP contribution < -0.4 is 15.4 Å². The van der Waals surface area contributed by atoms with Crippen LogP contribution in [0.4, 0.5) is 5.69 Å². The fourth-order valence-corrected chi connectivity index (χ4v) is 1.58. The van der Waals surface area contributed by atoms with Gasteiger partial charge in [0.05, 0.1) is 19.8 Å². The molecule has 2 N–H and O–H groups in total. The van der Waals surface area contributed by atoms with Gasteiger partial charge >= 0.3 is 0 Å². The molecule has 118 valence electrons. The molecule has 1 aromatic carbocycles. The Morgan fingerprint density at radius 2 is 1.90 bits per heavy atom. The molecule has 1 amide bonds. The van der Waals surface area contributed by atoms with Crippen LogP contribution in [0, 0.1) is 0 Å². The first kappa shape index (κ1) is 17.4. The lowest BCUT2D eigenvalue weighted by Gasteiger charge is -2.09. The molecule has 0 aliphatic carbocycles. The minimum absolute atomic E-state index is 0.0869. The van der Waals surface area contributed by atoms with E-state index in [9.17, 15) is 4.79 Å². The molecule has 0 radical (unpaired) electrons. The zero-order valence-corrected chi connectivity index (χ0v) is 12.7. The van der Waals surface area contributed by atoms with Gasteiger partial charge in [0.15, 0.2) is 0 Å². The predicted molar refractivity (Wildman–Crippen MR) is 81.8 cm³/mol. The number of rotatable bonds is 11. The smallest absolute Gasteiger partial charge is 0.238 e. The highest BCUT2D eigenvalue weighted by Crippen LogP contribution is 2.15. The molecule has 0 unspecified atom stereocenters. The van der Waals surface area contributed by atoms with Crippen LogP contribution in [0.1, 0.15) is 6.92 Å². The summed E-state index contributed by atoms with van der Waals surface area (Å²) in [5.41, 5.74) is 0.741. The van der Waals surface area contributed by atoms with Crippen molar-refractivity contribution in [2.45, 2.75) is 6.92 Å². The van der Waals surface area contributed by atoms with Gasteiger partial charge in [0.1, 0.15) is 12.4 Å². The summed E-state index contributed by atoms with van der Waals surface area (Å²) in [6.45, 7) is 5.22. The average molecular weight is 296 g/mol. The fraction of sp³-hybridized carbons (Fsp3) is 0.533. The Labute approximate surface area is 125 Å². The Hall–Kier alpha value is -1.63. The first-order valence-corrected chi connectivity index (χ1v) is 7.06. The van der Waals surface area contributed by atoms with E-state index in [1.807, 2.05) is 31.2 Å². The third-order valence-electron chi connectivity index (χ3n) is 2.61. The summed E-state index contributed by atoms with van der Waals surface area (Å²) in [5, 5.41) is 5.78. The van der Waals surface area contributed by atoms with Crippen LogP contribution in [0.2, 0.25) is 0 Å². The number of nitrogens with one attached hydrogen (secondary N) is 2. The van der Waals surface area contributed by atoms with Crippen molar-refractivity contribution >= 4 is 11.6 Å². The summed E-state index contributed by atoms with van der Waals surface area (Å²) < 4.78 is 15.6. The molecule has 0 heterocycles. The second-order valence-corrected chi connectivity index (χ2v) is 4.29. The van der Waals surface area contributed by atoms with E-state index < -0.39 is 0 Å². The van der Waals surface area contributed by atoms with Gasteiger partial charge in [-0.2, -0.15) is 0 Å². The van der Waals surface area contributed by atoms with E-state index in [1.165, 1.54) is 0 Å². The van der Waals surface area contributed by atoms with Crippen molar-refractivity contribution in [1.82, 2.24) is 5.32 Å². The van der Waals surface area contributed by atoms with Crippen molar-refractivity contribution in [3.05, 3.63) is 24.3 Å². The van der Waals surface area contributed by atoms with Crippen LogP contribution in [0.5, 0.6) is 5.75 Å². The minimum atomic E-state index is -0.0869. The SMILES string of the molecule is CCOCCOc1ccc(NC(=O)CNCCOC)cc1. The quantitative estimate of drug-likeness (QED) is 0.602. The number of carbonyl (C=O) groups is 1. The minimum Gasteiger partial charge on any atom is -0.491 e. The summed E-state index contributed by atoms with van der Waals surface area (Å²) >= 11 is 0. The number of ether oxygens (including phenoxy) is 3. The topological polar surface area (TPSA) is 68.8 Å². The summed E-state index contributed by atoms with van der Waals surface area (Å²) in [7, 11) is 1.62. The lowest BCUT2D eigenvalue weighted by molar-refractivity contribution is -0.115. The first-order valence-electron chi connectivity index (χ1n) is 7.06. The molecule has 0 fully saturated rings. The molecule has 6 nitrogen and oxygen atoms in total. The van der Waals surface area contributed by atoms with E-state index in [4.69, 9.17) is 14.2 Å². The molecule has 1 aromatic rings. The Morgan fingerprint density at radius 3 is 2.57 bits per heavy atom. The molecule has 0 aliphatic heterocycles. The molecule has 0 bridgehead atoms. The number of benzene rings is 1. The molecule has 0 aromatic heterocycles. The third kappa shape index (κ3) is 8.29. The summed E-state index contributed by atoms with van der Waals surface area (Å²) in [6, 6.07) is 7.26. The molecule has 0 saturated heterocycles. The maximum Gasteiger partial charge on any atom is 0.238 e. The normalized spacial score (nSPS) is 10.4. The Bertz CT molecular complexity index is 395. The molecular weight excluding hydrogens is 272 g/mol. The number of anilines is 1. The average Bonchev–Trinajstić information content (AvgIpc) is 2.50. The molecule has 0 saturated carbocycles. The van der Waals surface area contributed by atoms with Gasteiger partial charge in [-0.3, -0.25) is 4.79 Å². The molecule has 0 atom stereocenters. The summed E-state index contributed by atoms with van der Waals surface area (Å²) in [6.07, 6.45) is 0. The fourth-order valence-electron chi connectivity index (χ4n) is 1.58. The highest BCUT2D eigenvalue weighted by Gasteiger charge is 2.02. The third-order valence-corrected chi connectivity index (χ3v) is 2.61. The van der Waals surface area contributed by atoms with Gasteiger partial charge in [0.25, 0.3) is 0 Å². The predicted octanol–water partition coefficient (Wildman–Crippen LogP) is 1.28. The van der Waals surface area contributed by atoms with Crippen molar-refractivity contribution < 1.29 is 19.0 Å². The highest BCUT2D eigenvalue weighted by molar-refractivity contribution is 5.92. The Balaban J connectivity index is 2.25. The zero-order chi connectivity index (χ0) is 15.3. The van der Waals surface area contributed by atoms with Crippen LogP contribution in [0.15, 0.2) is 24.3 Å². The van der Waals surface area contributed by atoms with Gasteiger partial charge in [-0.1, -0.05) is 0 Å². The van der Waals surface area contributed by atoms with Crippen molar-refractivity contribution in [2.24, 2.45) is 0 Å². The van der Waals surface area contributed by atoms with E-state index >= 15 is 0 Å². The van der Waals surface area contributed by atoms with Gasteiger partial charge < -0.3 is 24.8 Å². The first-order chi connectivity index (χ1) is 10.3. The summed E-state index contributed by atoms with van der Waals surface area (Å²) in [4.78, 5) is 11.6. The van der Waals surface area contributed by atoms with Crippen LogP contribution in [0.3, 0.4) is 0 Å². The molecular formula is C15H24N2O4. The van der Waals surface area contributed by atoms with E-state index in [1.54, 1.807) is 7.11 Å². The van der Waals surface area contributed by atoms with E-state index in [0.717, 1.165) is 11.4 Å². The van der Waals surface area contributed by atoms with Crippen LogP contribution in [-0.4, -0.2) is 52.5 Å². The standard InChI is InChI=1S/C15H24N2O4/c1-3-20-10-11-21-14-6-4-13(5-7-14)17-15(18)12-16-8-9-19-2/h4-7,16H,3,8-12H2,1-2H3,(H,17,18). The largest absolute Gasteiger partial charge is 0.491 e. The van der Waals surface area contributed by atoms with Crippen molar-refractivity contribution in [3.8, 4) is 5.75 Å². The van der Waals surface area contributed by atoms with Gasteiger partial charge in [-0.25, -0.2) is 0 Å². The van der Waals surface area contributed by atoms with E-state index in [2.05, 4.69) is 10.6 Å². The maximum atomic E-state index is 11.6. The second-order valence-electron chi connectivity index (χ2n) is 4.29. The maximum absolute atomic E-state index is 11.6. The van der Waals surface area contributed by atoms with Crippen molar-refractivity contribution in [3.63, 3.8) is 0 Å². The van der Waals surface area contributed by atoms with Gasteiger partial charge in [-0.05, 0) is 31.2 Å². The molecule has 0 spiro atoms. The highest BCUT2D eigenvalue weighted by atomic mass is 16.5. The number of hydrogen-bond donors (Lipinski definition) is 2. The van der Waals surface area contributed by atoms with Gasteiger partial charge in [0, 0.05) is 25.9 Å². The van der Waals surface area contributed by atoms with Gasteiger partial charge in [-0.15, -0.1) is 0 Å². The number of carbonyl (C=O) groups excluding carboxylic acids is 1. The molecule has 0 aliphatic rings. The number of amides is 1. The molecule has 21 heavy (non-hydrogen) atoms. The Kier molecular flexibility index (Phi) is 9.19. The van der Waals surface area contributed by atoms with Crippen molar-refractivity contribution in [1.29, 1.82) is 0 Å². The van der Waals surface area contributed by atoms with Crippen LogP contribution in [0.25, 0.3) is 0 Å². The molecule has 1 rings (SSSR count). The monoisotopic (exact) mass is 296 g/mol. The lowest BCUT2D eigenvalue weighted by atomic mass is 10.3. The van der Waals surface area contributed by atoms with E-state index in [-0.39, 0.29) is 12.5 Å². The zero-order valence-electron chi connectivity index (χ0n) is 12.7. The number of methoxy groups -OCH3 is 1. The lowest BCUT2D eigenvalue weighted by Crippen LogP contribution is -2.30. The van der Waals surface area contributed by atoms with Crippen molar-refractivity contribution in [2.75, 3.05) is 51.9 Å². The van der Waals surface area contributed by atoms with Crippen LogP contribution >= 0.6 is 0 Å². The summed E-state index contributed by atoms with van der Waals surface area (Å²) in [5.74, 6) is 0.669. The van der Waals surface area contributed by atoms with Gasteiger partial charge in [0.2, 0.25) is 5.91 Å². The van der Waals surface area contributed by atoms with Crippen LogP contribution in [-0.2, 0) is 14.3 Å². The Morgan fingerprint density at radius 1 is 1.14 bits per heavy atom. The second kappa shape index (κ2) is 11.1.